The first-order chi connectivity index (χ1) is 11.0. The zero-order valence-corrected chi connectivity index (χ0v) is 13.7. The molecule has 1 aliphatic rings. The molecule has 0 aromatic heterocycles. The summed E-state index contributed by atoms with van der Waals surface area (Å²) >= 11 is 0. The molecule has 1 saturated heterocycles. The Bertz CT molecular complexity index is 577. The molecule has 1 aliphatic heterocycles. The summed E-state index contributed by atoms with van der Waals surface area (Å²) in [6, 6.07) is 4.29. The van der Waals surface area contributed by atoms with E-state index in [1.54, 1.807) is 19.1 Å². The van der Waals surface area contributed by atoms with Gasteiger partial charge in [0.1, 0.15) is 5.82 Å². The van der Waals surface area contributed by atoms with Crippen LogP contribution in [0.15, 0.2) is 18.2 Å². The Hall–Kier alpha value is -2.11. The number of hydrogen-bond acceptors (Lipinski definition) is 2. The average molecular weight is 321 g/mol. The molecule has 1 aromatic rings. The lowest BCUT2D eigenvalue weighted by molar-refractivity contribution is 0.0953. The fourth-order valence-corrected chi connectivity index (χ4v) is 2.67. The van der Waals surface area contributed by atoms with E-state index >= 15 is 0 Å². The van der Waals surface area contributed by atoms with Crippen molar-refractivity contribution in [2.75, 3.05) is 26.2 Å². The van der Waals surface area contributed by atoms with Crippen LogP contribution in [-0.4, -0.2) is 43.0 Å². The number of urea groups is 1. The van der Waals surface area contributed by atoms with Gasteiger partial charge in [-0.05, 0) is 43.4 Å². The van der Waals surface area contributed by atoms with Crippen LogP contribution in [-0.2, 0) is 0 Å². The first-order valence-electron chi connectivity index (χ1n) is 8.04. The van der Waals surface area contributed by atoms with Crippen LogP contribution in [0.3, 0.4) is 0 Å². The predicted molar refractivity (Wildman–Crippen MR) is 86.8 cm³/mol. The molecule has 0 saturated carbocycles. The standard InChI is InChI=1S/C17H24FN3O2/c1-12-4-3-9-21(11-12)17(23)20-8-7-19-16(22)14-6-5-13(2)15(18)10-14/h5-6,10,12H,3-4,7-9,11H2,1-2H3,(H,19,22)(H,20,23). The maximum atomic E-state index is 13.4. The molecule has 1 heterocycles. The first kappa shape index (κ1) is 17.2. The number of piperidine rings is 1. The van der Waals surface area contributed by atoms with Gasteiger partial charge in [0.2, 0.25) is 0 Å². The molecule has 3 amide bonds. The number of carbonyl (C=O) groups is 2. The minimum Gasteiger partial charge on any atom is -0.350 e. The number of halogens is 1. The van der Waals surface area contributed by atoms with Crippen LogP contribution < -0.4 is 10.6 Å². The van der Waals surface area contributed by atoms with Crippen LogP contribution >= 0.6 is 0 Å². The second-order valence-corrected chi connectivity index (χ2v) is 6.15. The molecule has 5 nitrogen and oxygen atoms in total. The van der Waals surface area contributed by atoms with E-state index in [2.05, 4.69) is 17.6 Å². The lowest BCUT2D eigenvalue weighted by Gasteiger charge is -2.30. The molecule has 126 valence electrons. The smallest absolute Gasteiger partial charge is 0.317 e. The van der Waals surface area contributed by atoms with Gasteiger partial charge in [-0.25, -0.2) is 9.18 Å². The fraction of sp³-hybridized carbons (Fsp3) is 0.529. The Morgan fingerprint density at radius 2 is 2.04 bits per heavy atom. The highest BCUT2D eigenvalue weighted by atomic mass is 19.1. The van der Waals surface area contributed by atoms with Gasteiger partial charge in [0.05, 0.1) is 0 Å². The lowest BCUT2D eigenvalue weighted by atomic mass is 10.0. The van der Waals surface area contributed by atoms with Crippen molar-refractivity contribution in [1.82, 2.24) is 15.5 Å². The van der Waals surface area contributed by atoms with Crippen molar-refractivity contribution in [3.63, 3.8) is 0 Å². The van der Waals surface area contributed by atoms with E-state index in [1.807, 2.05) is 4.90 Å². The quantitative estimate of drug-likeness (QED) is 0.836. The monoisotopic (exact) mass is 321 g/mol. The number of hydrogen-bond donors (Lipinski definition) is 2. The molecule has 1 fully saturated rings. The minimum absolute atomic E-state index is 0.0906. The summed E-state index contributed by atoms with van der Waals surface area (Å²) in [6.07, 6.45) is 2.19. The Morgan fingerprint density at radius 1 is 1.30 bits per heavy atom. The second-order valence-electron chi connectivity index (χ2n) is 6.15. The van der Waals surface area contributed by atoms with Crippen molar-refractivity contribution in [2.24, 2.45) is 5.92 Å². The van der Waals surface area contributed by atoms with Crippen molar-refractivity contribution < 1.29 is 14.0 Å². The number of nitrogens with one attached hydrogen (secondary N) is 2. The van der Waals surface area contributed by atoms with Crippen LogP contribution in [0.25, 0.3) is 0 Å². The van der Waals surface area contributed by atoms with Gasteiger partial charge in [-0.3, -0.25) is 4.79 Å². The number of likely N-dealkylation sites (tertiary alicyclic amines) is 1. The highest BCUT2D eigenvalue weighted by molar-refractivity contribution is 5.94. The largest absolute Gasteiger partial charge is 0.350 e. The van der Waals surface area contributed by atoms with Crippen LogP contribution in [0.5, 0.6) is 0 Å². The number of aryl methyl sites for hydroxylation is 1. The number of amides is 3. The predicted octanol–water partition coefficient (Wildman–Crippen LogP) is 2.31. The molecule has 0 aliphatic carbocycles. The average Bonchev–Trinajstić information content (AvgIpc) is 2.53. The maximum Gasteiger partial charge on any atom is 0.317 e. The van der Waals surface area contributed by atoms with Crippen molar-refractivity contribution in [2.45, 2.75) is 26.7 Å². The third-order valence-electron chi connectivity index (χ3n) is 4.07. The molecule has 0 spiro atoms. The topological polar surface area (TPSA) is 61.4 Å². The minimum atomic E-state index is -0.398. The van der Waals surface area contributed by atoms with Gasteiger partial charge in [0, 0.05) is 31.7 Å². The number of carbonyl (C=O) groups excluding carboxylic acids is 2. The van der Waals surface area contributed by atoms with Gasteiger partial charge >= 0.3 is 6.03 Å². The van der Waals surface area contributed by atoms with Crippen molar-refractivity contribution in [3.8, 4) is 0 Å². The molecule has 6 heteroatoms. The molecular formula is C17H24FN3O2. The summed E-state index contributed by atoms with van der Waals surface area (Å²) in [4.78, 5) is 25.7. The Morgan fingerprint density at radius 3 is 2.74 bits per heavy atom. The highest BCUT2D eigenvalue weighted by Crippen LogP contribution is 2.15. The van der Waals surface area contributed by atoms with Gasteiger partial charge in [-0.15, -0.1) is 0 Å². The molecule has 0 radical (unpaired) electrons. The first-order valence-corrected chi connectivity index (χ1v) is 8.04. The Kier molecular flexibility index (Phi) is 5.96. The van der Waals surface area contributed by atoms with E-state index in [1.165, 1.54) is 6.07 Å². The third kappa shape index (κ3) is 4.94. The summed E-state index contributed by atoms with van der Waals surface area (Å²) in [5.74, 6) is -0.208. The van der Waals surface area contributed by atoms with Crippen LogP contribution in [0.1, 0.15) is 35.7 Å². The van der Waals surface area contributed by atoms with Gasteiger partial charge in [-0.2, -0.15) is 0 Å². The van der Waals surface area contributed by atoms with Crippen molar-refractivity contribution >= 4 is 11.9 Å². The van der Waals surface area contributed by atoms with E-state index in [0.29, 0.717) is 24.6 Å². The summed E-state index contributed by atoms with van der Waals surface area (Å²) in [7, 11) is 0. The molecule has 23 heavy (non-hydrogen) atoms. The second kappa shape index (κ2) is 7.94. The lowest BCUT2D eigenvalue weighted by Crippen LogP contribution is -2.46. The van der Waals surface area contributed by atoms with Crippen LogP contribution in [0.4, 0.5) is 9.18 Å². The van der Waals surface area contributed by atoms with E-state index in [4.69, 9.17) is 0 Å². The molecular weight excluding hydrogens is 297 g/mol. The summed E-state index contributed by atoms with van der Waals surface area (Å²) < 4.78 is 13.4. The molecule has 1 unspecified atom stereocenters. The SMILES string of the molecule is Cc1ccc(C(=O)NCCNC(=O)N2CCCC(C)C2)cc1F. The Labute approximate surface area is 136 Å². The molecule has 1 aromatic carbocycles. The zero-order chi connectivity index (χ0) is 16.8. The Balaban J connectivity index is 1.71. The van der Waals surface area contributed by atoms with Crippen LogP contribution in [0, 0.1) is 18.7 Å². The van der Waals surface area contributed by atoms with E-state index in [0.717, 1.165) is 25.9 Å². The highest BCUT2D eigenvalue weighted by Gasteiger charge is 2.20. The third-order valence-corrected chi connectivity index (χ3v) is 4.07. The molecule has 2 rings (SSSR count). The number of nitrogens with zero attached hydrogens (tertiary/aromatic N) is 1. The summed E-state index contributed by atoms with van der Waals surface area (Å²) in [5, 5.41) is 5.47. The van der Waals surface area contributed by atoms with E-state index < -0.39 is 5.82 Å². The van der Waals surface area contributed by atoms with E-state index in [-0.39, 0.29) is 17.5 Å². The van der Waals surface area contributed by atoms with E-state index in [9.17, 15) is 14.0 Å². The van der Waals surface area contributed by atoms with Gasteiger partial charge in [0.25, 0.3) is 5.91 Å². The normalized spacial score (nSPS) is 17.7. The van der Waals surface area contributed by atoms with Crippen molar-refractivity contribution in [3.05, 3.63) is 35.1 Å². The van der Waals surface area contributed by atoms with Crippen LogP contribution in [0.2, 0.25) is 0 Å². The van der Waals surface area contributed by atoms with Crippen molar-refractivity contribution in [1.29, 1.82) is 0 Å². The molecule has 2 N–H and O–H groups in total. The van der Waals surface area contributed by atoms with Gasteiger partial charge < -0.3 is 15.5 Å². The number of rotatable bonds is 4. The molecule has 1 atom stereocenters. The zero-order valence-electron chi connectivity index (χ0n) is 13.7. The molecule has 0 bridgehead atoms. The summed E-state index contributed by atoms with van der Waals surface area (Å²) in [6.45, 7) is 6.01. The van der Waals surface area contributed by atoms with Gasteiger partial charge in [0.15, 0.2) is 0 Å². The fourth-order valence-electron chi connectivity index (χ4n) is 2.67. The summed E-state index contributed by atoms with van der Waals surface area (Å²) in [5.41, 5.74) is 0.786. The van der Waals surface area contributed by atoms with Gasteiger partial charge in [-0.1, -0.05) is 13.0 Å². The number of benzene rings is 1. The maximum absolute atomic E-state index is 13.4.